The number of ether oxygens (including phenoxy) is 2. The number of benzene rings is 1. The maximum Gasteiger partial charge on any atom is 0.224 e. The molecule has 0 atom stereocenters. The van der Waals surface area contributed by atoms with Gasteiger partial charge in [-0.2, -0.15) is 0 Å². The molecule has 1 heterocycles. The molecule has 110 valence electrons. The fourth-order valence-corrected chi connectivity index (χ4v) is 2.36. The number of amides is 1. The molecular weight excluding hydrogens is 329 g/mol. The van der Waals surface area contributed by atoms with Crippen molar-refractivity contribution in [1.82, 2.24) is 5.32 Å². The lowest BCUT2D eigenvalue weighted by Crippen LogP contribution is -2.47. The molecule has 0 aliphatic carbocycles. The number of hydrogen-bond acceptors (Lipinski definition) is 3. The highest BCUT2D eigenvalue weighted by Crippen LogP contribution is 2.18. The smallest absolute Gasteiger partial charge is 0.224 e. The Hall–Kier alpha value is -0.980. The van der Waals surface area contributed by atoms with E-state index in [0.717, 1.165) is 10.9 Å². The van der Waals surface area contributed by atoms with E-state index in [4.69, 9.17) is 9.47 Å². The maximum absolute atomic E-state index is 13.6. The monoisotopic (exact) mass is 345 g/mol. The summed E-state index contributed by atoms with van der Waals surface area (Å²) in [5.74, 6) is -1.44. The van der Waals surface area contributed by atoms with E-state index in [0.29, 0.717) is 18.8 Å². The van der Waals surface area contributed by atoms with Gasteiger partial charge in [-0.25, -0.2) is 4.39 Å². The molecule has 4 nitrogen and oxygen atoms in total. The lowest BCUT2D eigenvalue weighted by Gasteiger charge is -2.33. The Morgan fingerprint density at radius 2 is 2.15 bits per heavy atom. The summed E-state index contributed by atoms with van der Waals surface area (Å²) in [4.78, 5) is 11.9. The van der Waals surface area contributed by atoms with Crippen LogP contribution < -0.4 is 5.32 Å². The summed E-state index contributed by atoms with van der Waals surface area (Å²) in [5, 5.41) is 2.72. The molecule has 1 fully saturated rings. The average molecular weight is 346 g/mol. The van der Waals surface area contributed by atoms with Crippen LogP contribution in [0, 0.1) is 5.82 Å². The molecule has 0 radical (unpaired) electrons. The van der Waals surface area contributed by atoms with Gasteiger partial charge in [-0.05, 0) is 37.1 Å². The van der Waals surface area contributed by atoms with Crippen LogP contribution in [-0.4, -0.2) is 31.5 Å². The van der Waals surface area contributed by atoms with Crippen LogP contribution in [0.4, 0.5) is 4.39 Å². The molecule has 6 heteroatoms. The Bertz CT molecular complexity index is 489. The van der Waals surface area contributed by atoms with Gasteiger partial charge in [-0.3, -0.25) is 4.79 Å². The Balaban J connectivity index is 1.87. The van der Waals surface area contributed by atoms with E-state index in [9.17, 15) is 9.18 Å². The Labute approximate surface area is 125 Å². The highest BCUT2D eigenvalue weighted by molar-refractivity contribution is 9.10. The molecule has 1 aromatic carbocycles. The fraction of sp³-hybridized carbons (Fsp3) is 0.500. The van der Waals surface area contributed by atoms with Crippen molar-refractivity contribution >= 4 is 21.8 Å². The predicted molar refractivity (Wildman–Crippen MR) is 75.7 cm³/mol. The molecule has 1 N–H and O–H groups in total. The molecule has 20 heavy (non-hydrogen) atoms. The topological polar surface area (TPSA) is 47.6 Å². The second-order valence-corrected chi connectivity index (χ2v) is 5.79. The van der Waals surface area contributed by atoms with E-state index in [1.165, 1.54) is 6.07 Å². The van der Waals surface area contributed by atoms with Gasteiger partial charge < -0.3 is 14.8 Å². The summed E-state index contributed by atoms with van der Waals surface area (Å²) in [6.07, 6.45) is 0.841. The molecule has 0 bridgehead atoms. The summed E-state index contributed by atoms with van der Waals surface area (Å²) in [6, 6.07) is 4.53. The lowest BCUT2D eigenvalue weighted by atomic mass is 10.1. The van der Waals surface area contributed by atoms with Crippen LogP contribution in [0.5, 0.6) is 0 Å². The number of carbonyl (C=O) groups excluding carboxylic acids is 1. The van der Waals surface area contributed by atoms with Crippen molar-refractivity contribution in [1.29, 1.82) is 0 Å². The summed E-state index contributed by atoms with van der Waals surface area (Å²) in [7, 11) is 0. The van der Waals surface area contributed by atoms with Gasteiger partial charge in [0.1, 0.15) is 5.82 Å². The van der Waals surface area contributed by atoms with Crippen molar-refractivity contribution in [2.24, 2.45) is 0 Å². The van der Waals surface area contributed by atoms with Gasteiger partial charge in [0.2, 0.25) is 5.91 Å². The number of halogens is 2. The normalized spacial score (nSPS) is 17.8. The minimum absolute atomic E-state index is 0.0125. The second kappa shape index (κ2) is 6.65. The summed E-state index contributed by atoms with van der Waals surface area (Å²) in [6.45, 7) is 3.27. The van der Waals surface area contributed by atoms with E-state index in [-0.39, 0.29) is 24.7 Å². The first-order valence-electron chi connectivity index (χ1n) is 6.47. The van der Waals surface area contributed by atoms with Crippen molar-refractivity contribution in [3.63, 3.8) is 0 Å². The Kier molecular flexibility index (Phi) is 5.12. The van der Waals surface area contributed by atoms with Gasteiger partial charge in [-0.15, -0.1) is 0 Å². The van der Waals surface area contributed by atoms with Crippen LogP contribution in [0.15, 0.2) is 22.7 Å². The lowest BCUT2D eigenvalue weighted by molar-refractivity contribution is -0.251. The van der Waals surface area contributed by atoms with Crippen molar-refractivity contribution < 1.29 is 18.7 Å². The first kappa shape index (κ1) is 15.4. The van der Waals surface area contributed by atoms with E-state index < -0.39 is 5.79 Å². The standard InChI is InChI=1S/C14H17BrFNO3/c1-14(19-5-2-6-20-14)9-17-13(18)8-10-7-11(15)3-4-12(10)16/h3-4,7H,2,5-6,8-9H2,1H3,(H,17,18). The molecule has 0 aromatic heterocycles. The van der Waals surface area contributed by atoms with Crippen molar-refractivity contribution in [2.75, 3.05) is 19.8 Å². The summed E-state index contributed by atoms with van der Waals surface area (Å²) < 4.78 is 25.3. The predicted octanol–water partition coefficient (Wildman–Crippen LogP) is 2.40. The van der Waals surface area contributed by atoms with Crippen molar-refractivity contribution in [3.8, 4) is 0 Å². The summed E-state index contributed by atoms with van der Waals surface area (Å²) in [5.41, 5.74) is 0.354. The molecule has 0 saturated carbocycles. The molecular formula is C14H17BrFNO3. The minimum atomic E-state index is -0.788. The molecule has 1 aliphatic rings. The number of carbonyl (C=O) groups is 1. The minimum Gasteiger partial charge on any atom is -0.350 e. The van der Waals surface area contributed by atoms with Gasteiger partial charge in [0.15, 0.2) is 5.79 Å². The van der Waals surface area contributed by atoms with E-state index in [2.05, 4.69) is 21.2 Å². The van der Waals surface area contributed by atoms with Crippen molar-refractivity contribution in [3.05, 3.63) is 34.1 Å². The van der Waals surface area contributed by atoms with Crippen molar-refractivity contribution in [2.45, 2.75) is 25.6 Å². The van der Waals surface area contributed by atoms with Gasteiger partial charge in [0.25, 0.3) is 0 Å². The number of rotatable bonds is 4. The molecule has 2 rings (SSSR count). The van der Waals surface area contributed by atoms with Gasteiger partial charge in [0.05, 0.1) is 26.2 Å². The quantitative estimate of drug-likeness (QED) is 0.911. The number of hydrogen-bond donors (Lipinski definition) is 1. The Morgan fingerprint density at radius 3 is 2.85 bits per heavy atom. The first-order valence-corrected chi connectivity index (χ1v) is 7.26. The van der Waals surface area contributed by atoms with Gasteiger partial charge >= 0.3 is 0 Å². The maximum atomic E-state index is 13.6. The second-order valence-electron chi connectivity index (χ2n) is 4.87. The zero-order valence-electron chi connectivity index (χ0n) is 11.2. The summed E-state index contributed by atoms with van der Waals surface area (Å²) >= 11 is 3.26. The SMILES string of the molecule is CC1(CNC(=O)Cc2cc(Br)ccc2F)OCCCO1. The van der Waals surface area contributed by atoms with Crippen LogP contribution >= 0.6 is 15.9 Å². The molecule has 1 saturated heterocycles. The molecule has 0 unspecified atom stereocenters. The third-order valence-electron chi connectivity index (χ3n) is 3.07. The molecule has 1 amide bonds. The zero-order valence-corrected chi connectivity index (χ0v) is 12.8. The molecule has 1 aliphatic heterocycles. The third-order valence-corrected chi connectivity index (χ3v) is 3.56. The fourth-order valence-electron chi connectivity index (χ4n) is 1.95. The Morgan fingerprint density at radius 1 is 1.45 bits per heavy atom. The largest absolute Gasteiger partial charge is 0.350 e. The number of nitrogens with one attached hydrogen (secondary N) is 1. The van der Waals surface area contributed by atoms with E-state index in [1.54, 1.807) is 19.1 Å². The first-order chi connectivity index (χ1) is 9.48. The van der Waals surface area contributed by atoms with Crippen LogP contribution in [-0.2, 0) is 20.7 Å². The highest BCUT2D eigenvalue weighted by atomic mass is 79.9. The zero-order chi connectivity index (χ0) is 14.6. The van der Waals surface area contributed by atoms with E-state index >= 15 is 0 Å². The molecule has 0 spiro atoms. The van der Waals surface area contributed by atoms with Crippen LogP contribution in [0.25, 0.3) is 0 Å². The average Bonchev–Trinajstić information content (AvgIpc) is 2.42. The van der Waals surface area contributed by atoms with Crippen LogP contribution in [0.3, 0.4) is 0 Å². The van der Waals surface area contributed by atoms with Crippen LogP contribution in [0.2, 0.25) is 0 Å². The van der Waals surface area contributed by atoms with Gasteiger partial charge in [0, 0.05) is 4.47 Å². The van der Waals surface area contributed by atoms with Gasteiger partial charge in [-0.1, -0.05) is 15.9 Å². The molecule has 1 aromatic rings. The highest BCUT2D eigenvalue weighted by Gasteiger charge is 2.29. The van der Waals surface area contributed by atoms with E-state index in [1.807, 2.05) is 0 Å². The third kappa shape index (κ3) is 4.26. The van der Waals surface area contributed by atoms with Crippen LogP contribution in [0.1, 0.15) is 18.9 Å².